The molecule has 1 heterocycles. The lowest BCUT2D eigenvalue weighted by Crippen LogP contribution is -2.07. The molecule has 3 heteroatoms. The highest BCUT2D eigenvalue weighted by Gasteiger charge is 2.35. The molecule has 0 saturated heterocycles. The van der Waals surface area contributed by atoms with Crippen molar-refractivity contribution >= 4 is 0 Å². The van der Waals surface area contributed by atoms with Crippen LogP contribution in [-0.2, 0) is 0 Å². The zero-order valence-electron chi connectivity index (χ0n) is 6.04. The maximum atomic E-state index is 5.55. The van der Waals surface area contributed by atoms with Crippen LogP contribution < -0.4 is 5.73 Å². The Hall–Kier alpha value is -0.860. The fourth-order valence-corrected chi connectivity index (χ4v) is 1.30. The first-order valence-corrected chi connectivity index (χ1v) is 3.66. The molecule has 0 unspecified atom stereocenters. The smallest absolute Gasteiger partial charge is 0.146 e. The first-order valence-electron chi connectivity index (χ1n) is 3.66. The highest BCUT2D eigenvalue weighted by Crippen LogP contribution is 2.40. The van der Waals surface area contributed by atoms with Gasteiger partial charge in [-0.15, -0.1) is 5.11 Å². The lowest BCUT2D eigenvalue weighted by molar-refractivity contribution is 0.671. The van der Waals surface area contributed by atoms with Crippen LogP contribution in [0.2, 0.25) is 0 Å². The van der Waals surface area contributed by atoms with Gasteiger partial charge in [-0.05, 0) is 31.3 Å². The van der Waals surface area contributed by atoms with Crippen molar-refractivity contribution in [3.05, 3.63) is 11.4 Å². The van der Waals surface area contributed by atoms with Crippen LogP contribution in [0.1, 0.15) is 19.8 Å². The first kappa shape index (κ1) is 5.89. The third-order valence-electron chi connectivity index (χ3n) is 2.21. The van der Waals surface area contributed by atoms with Gasteiger partial charge in [0.1, 0.15) is 5.82 Å². The van der Waals surface area contributed by atoms with E-state index in [0.29, 0.717) is 11.9 Å². The van der Waals surface area contributed by atoms with Gasteiger partial charge in [0.25, 0.3) is 0 Å². The summed E-state index contributed by atoms with van der Waals surface area (Å²) in [5.74, 6) is 1.39. The van der Waals surface area contributed by atoms with Crippen LogP contribution in [-0.4, -0.2) is 6.04 Å². The lowest BCUT2D eigenvalue weighted by atomic mass is 10.1. The van der Waals surface area contributed by atoms with Gasteiger partial charge in [-0.25, -0.2) is 0 Å². The van der Waals surface area contributed by atoms with E-state index in [0.717, 1.165) is 5.92 Å². The summed E-state index contributed by atoms with van der Waals surface area (Å²) in [6.07, 6.45) is 2.60. The van der Waals surface area contributed by atoms with E-state index in [1.165, 1.54) is 18.4 Å². The Morgan fingerprint density at radius 1 is 1.50 bits per heavy atom. The van der Waals surface area contributed by atoms with E-state index in [1.807, 2.05) is 6.92 Å². The topological polar surface area (TPSA) is 50.7 Å². The van der Waals surface area contributed by atoms with Crippen molar-refractivity contribution in [2.45, 2.75) is 25.8 Å². The molecule has 2 aliphatic rings. The summed E-state index contributed by atoms with van der Waals surface area (Å²) in [5, 5.41) is 7.93. The Kier molecular flexibility index (Phi) is 1.07. The summed E-state index contributed by atoms with van der Waals surface area (Å²) in [5.41, 5.74) is 6.72. The fraction of sp³-hybridized carbons (Fsp3) is 0.714. The van der Waals surface area contributed by atoms with Crippen LogP contribution in [0.25, 0.3) is 0 Å². The molecule has 3 nitrogen and oxygen atoms in total. The third kappa shape index (κ3) is 0.735. The van der Waals surface area contributed by atoms with Gasteiger partial charge >= 0.3 is 0 Å². The fourth-order valence-electron chi connectivity index (χ4n) is 1.30. The molecule has 0 aromatic carbocycles. The number of azo groups is 1. The second kappa shape index (κ2) is 1.81. The molecular weight excluding hydrogens is 126 g/mol. The Bertz CT molecular complexity index is 213. The predicted molar refractivity (Wildman–Crippen MR) is 38.3 cm³/mol. The summed E-state index contributed by atoms with van der Waals surface area (Å²) in [6.45, 7) is 2.03. The van der Waals surface area contributed by atoms with Crippen molar-refractivity contribution in [2.75, 3.05) is 0 Å². The zero-order valence-corrected chi connectivity index (χ0v) is 6.04. The van der Waals surface area contributed by atoms with Crippen LogP contribution in [0.5, 0.6) is 0 Å². The molecule has 0 amide bonds. The maximum Gasteiger partial charge on any atom is 0.146 e. The van der Waals surface area contributed by atoms with Crippen molar-refractivity contribution < 1.29 is 0 Å². The number of rotatable bonds is 1. The first-order chi connectivity index (χ1) is 4.79. The van der Waals surface area contributed by atoms with Crippen LogP contribution in [0.4, 0.5) is 0 Å². The van der Waals surface area contributed by atoms with Crippen LogP contribution in [0.3, 0.4) is 0 Å². The molecule has 2 rings (SSSR count). The SMILES string of the molecule is CC1=C(N)N=N[C@H]1C1CC1. The third-order valence-corrected chi connectivity index (χ3v) is 2.21. The molecule has 1 saturated carbocycles. The molecule has 1 aliphatic carbocycles. The van der Waals surface area contributed by atoms with E-state index in [9.17, 15) is 0 Å². The highest BCUT2D eigenvalue weighted by molar-refractivity contribution is 5.21. The Morgan fingerprint density at radius 3 is 2.60 bits per heavy atom. The van der Waals surface area contributed by atoms with E-state index in [-0.39, 0.29) is 0 Å². The summed E-state index contributed by atoms with van der Waals surface area (Å²) in [7, 11) is 0. The summed E-state index contributed by atoms with van der Waals surface area (Å²) in [4.78, 5) is 0. The summed E-state index contributed by atoms with van der Waals surface area (Å²) >= 11 is 0. The second-order valence-corrected chi connectivity index (χ2v) is 3.07. The molecule has 1 fully saturated rings. The molecule has 0 bridgehead atoms. The van der Waals surface area contributed by atoms with Crippen molar-refractivity contribution in [2.24, 2.45) is 21.9 Å². The van der Waals surface area contributed by atoms with Gasteiger partial charge < -0.3 is 5.73 Å². The minimum absolute atomic E-state index is 0.333. The van der Waals surface area contributed by atoms with Crippen molar-refractivity contribution in [3.8, 4) is 0 Å². The molecule has 0 aromatic heterocycles. The van der Waals surface area contributed by atoms with Crippen LogP contribution >= 0.6 is 0 Å². The van der Waals surface area contributed by atoms with E-state index in [1.54, 1.807) is 0 Å². The molecule has 0 spiro atoms. The van der Waals surface area contributed by atoms with Gasteiger partial charge in [0.2, 0.25) is 0 Å². The molecule has 54 valence electrons. The van der Waals surface area contributed by atoms with Crippen LogP contribution in [0.15, 0.2) is 21.6 Å². The van der Waals surface area contributed by atoms with Gasteiger partial charge in [0, 0.05) is 0 Å². The number of hydrogen-bond donors (Lipinski definition) is 1. The normalized spacial score (nSPS) is 31.9. The van der Waals surface area contributed by atoms with Crippen LogP contribution in [0, 0.1) is 5.92 Å². The quantitative estimate of drug-likeness (QED) is 0.583. The van der Waals surface area contributed by atoms with Crippen molar-refractivity contribution in [1.29, 1.82) is 0 Å². The Labute approximate surface area is 60.0 Å². The molecule has 2 N–H and O–H groups in total. The highest BCUT2D eigenvalue weighted by atomic mass is 15.2. The summed E-state index contributed by atoms with van der Waals surface area (Å²) < 4.78 is 0. The monoisotopic (exact) mass is 137 g/mol. The Balaban J connectivity index is 2.19. The van der Waals surface area contributed by atoms with Gasteiger partial charge in [0.05, 0.1) is 6.04 Å². The lowest BCUT2D eigenvalue weighted by Gasteiger charge is -2.02. The molecule has 1 atom stereocenters. The van der Waals surface area contributed by atoms with Gasteiger partial charge in [0.15, 0.2) is 0 Å². The van der Waals surface area contributed by atoms with Gasteiger partial charge in [-0.3, -0.25) is 0 Å². The second-order valence-electron chi connectivity index (χ2n) is 3.07. The number of nitrogens with two attached hydrogens (primary N) is 1. The van der Waals surface area contributed by atoms with E-state index < -0.39 is 0 Å². The molecule has 1 aliphatic heterocycles. The van der Waals surface area contributed by atoms with Gasteiger partial charge in [-0.1, -0.05) is 0 Å². The number of nitrogens with zero attached hydrogens (tertiary/aromatic N) is 2. The van der Waals surface area contributed by atoms with E-state index in [2.05, 4.69) is 10.2 Å². The average Bonchev–Trinajstić information content (AvgIpc) is 2.67. The minimum atomic E-state index is 0.333. The average molecular weight is 137 g/mol. The van der Waals surface area contributed by atoms with Gasteiger partial charge in [-0.2, -0.15) is 5.11 Å². The molecular formula is C7H11N3. The predicted octanol–water partition coefficient (Wildman–Crippen LogP) is 1.42. The molecule has 10 heavy (non-hydrogen) atoms. The van der Waals surface area contributed by atoms with E-state index in [4.69, 9.17) is 5.73 Å². The van der Waals surface area contributed by atoms with Crippen molar-refractivity contribution in [3.63, 3.8) is 0 Å². The largest absolute Gasteiger partial charge is 0.382 e. The van der Waals surface area contributed by atoms with E-state index >= 15 is 0 Å². The summed E-state index contributed by atoms with van der Waals surface area (Å²) in [6, 6.07) is 0.333. The number of hydrogen-bond acceptors (Lipinski definition) is 3. The Morgan fingerprint density at radius 2 is 2.20 bits per heavy atom. The van der Waals surface area contributed by atoms with Crippen molar-refractivity contribution in [1.82, 2.24) is 0 Å². The molecule has 0 radical (unpaired) electrons. The maximum absolute atomic E-state index is 5.55. The zero-order chi connectivity index (χ0) is 7.14. The molecule has 0 aromatic rings. The standard InChI is InChI=1S/C7H11N3/c1-4-6(5-2-3-5)9-10-7(4)8/h5-6H,2-3,8H2,1H3/t6-/m1/s1. The minimum Gasteiger partial charge on any atom is -0.382 e.